The molecule has 0 aromatic rings. The average Bonchev–Trinajstić information content (AvgIpc) is 2.82. The van der Waals surface area contributed by atoms with Gasteiger partial charge in [0.05, 0.1) is 10.8 Å². The van der Waals surface area contributed by atoms with Gasteiger partial charge in [0.25, 0.3) is 0 Å². The maximum Gasteiger partial charge on any atom is 0.311 e. The van der Waals surface area contributed by atoms with E-state index in [9.17, 15) is 19.8 Å². The highest BCUT2D eigenvalue weighted by atomic mass is 16.4. The van der Waals surface area contributed by atoms with Gasteiger partial charge in [-0.2, -0.15) is 0 Å². The van der Waals surface area contributed by atoms with Crippen LogP contribution in [0.4, 0.5) is 0 Å². The second-order valence-corrected chi connectivity index (χ2v) is 11.2. The van der Waals surface area contributed by atoms with E-state index in [4.69, 9.17) is 0 Å². The van der Waals surface area contributed by atoms with Crippen molar-refractivity contribution in [3.05, 3.63) is 12.2 Å². The molecule has 0 saturated heterocycles. The van der Waals surface area contributed by atoms with Gasteiger partial charge < -0.3 is 10.2 Å². The molecule has 1 aliphatic rings. The molecule has 0 radical (unpaired) electrons. The molecule has 0 heterocycles. The van der Waals surface area contributed by atoms with Crippen molar-refractivity contribution in [2.24, 2.45) is 16.7 Å². The summed E-state index contributed by atoms with van der Waals surface area (Å²) < 4.78 is 0. The second kappa shape index (κ2) is 18.0. The monoisotopic (exact) mass is 492 g/mol. The summed E-state index contributed by atoms with van der Waals surface area (Å²) in [5, 5.41) is 21.0. The first kappa shape index (κ1) is 31.7. The first-order chi connectivity index (χ1) is 16.9. The molecule has 1 aliphatic carbocycles. The molecule has 4 nitrogen and oxygen atoms in total. The molecule has 35 heavy (non-hydrogen) atoms. The van der Waals surface area contributed by atoms with Gasteiger partial charge in [-0.3, -0.25) is 9.59 Å². The Balaban J connectivity index is 2.69. The molecule has 0 amide bonds. The number of carboxylic acids is 2. The van der Waals surface area contributed by atoms with Crippen molar-refractivity contribution < 1.29 is 19.8 Å². The summed E-state index contributed by atoms with van der Waals surface area (Å²) >= 11 is 0. The van der Waals surface area contributed by atoms with Crippen LogP contribution in [0.5, 0.6) is 0 Å². The molecule has 0 bridgehead atoms. The van der Waals surface area contributed by atoms with E-state index in [1.54, 1.807) is 0 Å². The van der Waals surface area contributed by atoms with Crippen molar-refractivity contribution in [1.82, 2.24) is 0 Å². The highest BCUT2D eigenvalue weighted by Crippen LogP contribution is 2.57. The lowest BCUT2D eigenvalue weighted by atomic mass is 9.50. The number of carboxylic acid groups (broad SMARTS) is 2. The van der Waals surface area contributed by atoms with E-state index in [-0.39, 0.29) is 5.92 Å². The lowest BCUT2D eigenvalue weighted by Gasteiger charge is -2.50. The van der Waals surface area contributed by atoms with Gasteiger partial charge in [-0.25, -0.2) is 0 Å². The highest BCUT2D eigenvalue weighted by molar-refractivity contribution is 5.88. The Morgan fingerprint density at radius 3 is 1.46 bits per heavy atom. The van der Waals surface area contributed by atoms with Crippen molar-refractivity contribution in [1.29, 1.82) is 0 Å². The van der Waals surface area contributed by atoms with Gasteiger partial charge in [-0.1, -0.05) is 148 Å². The summed E-state index contributed by atoms with van der Waals surface area (Å²) in [5.41, 5.74) is -2.41. The Hall–Kier alpha value is -1.32. The van der Waals surface area contributed by atoms with Crippen LogP contribution in [0.3, 0.4) is 0 Å². The molecule has 4 heteroatoms. The zero-order valence-corrected chi connectivity index (χ0v) is 23.3. The van der Waals surface area contributed by atoms with Crippen LogP contribution in [0.1, 0.15) is 156 Å². The van der Waals surface area contributed by atoms with Crippen LogP contribution in [0.15, 0.2) is 12.2 Å². The van der Waals surface area contributed by atoms with Gasteiger partial charge in [0.15, 0.2) is 0 Å². The van der Waals surface area contributed by atoms with Crippen LogP contribution >= 0.6 is 0 Å². The minimum atomic E-state index is -1.21. The SMILES string of the molecule is CCCCCCCCCCCC1(C(=O)O)CC=CC(C)C1(CCCCCCCCCCC)C(=O)O. The molecule has 3 atom stereocenters. The number of hydrogen-bond donors (Lipinski definition) is 2. The minimum absolute atomic E-state index is 0.266. The molecule has 0 fully saturated rings. The normalized spacial score (nSPS) is 24.0. The quantitative estimate of drug-likeness (QED) is 0.116. The van der Waals surface area contributed by atoms with Gasteiger partial charge in [-0.05, 0) is 25.2 Å². The van der Waals surface area contributed by atoms with Crippen LogP contribution in [-0.2, 0) is 9.59 Å². The third-order valence-corrected chi connectivity index (χ3v) is 8.70. The van der Waals surface area contributed by atoms with Gasteiger partial charge in [0, 0.05) is 0 Å². The fraction of sp³-hybridized carbons (Fsp3) is 0.871. The van der Waals surface area contributed by atoms with Crippen molar-refractivity contribution >= 4 is 11.9 Å². The van der Waals surface area contributed by atoms with E-state index in [1.807, 2.05) is 19.1 Å². The van der Waals surface area contributed by atoms with E-state index < -0.39 is 22.8 Å². The van der Waals surface area contributed by atoms with Crippen LogP contribution in [0, 0.1) is 16.7 Å². The zero-order valence-electron chi connectivity index (χ0n) is 23.3. The number of aliphatic carboxylic acids is 2. The van der Waals surface area contributed by atoms with E-state index in [0.717, 1.165) is 38.5 Å². The number of unbranched alkanes of at least 4 members (excludes halogenated alkanes) is 16. The van der Waals surface area contributed by atoms with Crippen molar-refractivity contribution in [2.75, 3.05) is 0 Å². The van der Waals surface area contributed by atoms with Crippen molar-refractivity contribution in [2.45, 2.75) is 156 Å². The van der Waals surface area contributed by atoms with Gasteiger partial charge in [0.1, 0.15) is 0 Å². The maximum atomic E-state index is 12.8. The lowest BCUT2D eigenvalue weighted by Crippen LogP contribution is -2.57. The molecule has 0 saturated carbocycles. The molecule has 0 aliphatic heterocycles. The summed E-state index contributed by atoms with van der Waals surface area (Å²) in [5.74, 6) is -2.09. The summed E-state index contributed by atoms with van der Waals surface area (Å²) in [6.07, 6.45) is 26.2. The molecule has 0 spiro atoms. The van der Waals surface area contributed by atoms with Crippen LogP contribution in [0.2, 0.25) is 0 Å². The topological polar surface area (TPSA) is 74.6 Å². The molecule has 0 aromatic heterocycles. The van der Waals surface area contributed by atoms with Crippen LogP contribution in [-0.4, -0.2) is 22.2 Å². The van der Waals surface area contributed by atoms with Crippen LogP contribution in [0.25, 0.3) is 0 Å². The maximum absolute atomic E-state index is 12.8. The van der Waals surface area contributed by atoms with Crippen molar-refractivity contribution in [3.8, 4) is 0 Å². The molecular weight excluding hydrogens is 436 g/mol. The predicted octanol–water partition coefficient (Wildman–Crippen LogP) is 9.57. The van der Waals surface area contributed by atoms with Gasteiger partial charge >= 0.3 is 11.9 Å². The fourth-order valence-electron chi connectivity index (χ4n) is 6.39. The first-order valence-corrected chi connectivity index (χ1v) is 15.0. The van der Waals surface area contributed by atoms with E-state index in [0.29, 0.717) is 19.3 Å². The Morgan fingerprint density at radius 2 is 1.06 bits per heavy atom. The third-order valence-electron chi connectivity index (χ3n) is 8.70. The molecule has 0 aromatic carbocycles. The largest absolute Gasteiger partial charge is 0.481 e. The van der Waals surface area contributed by atoms with E-state index in [1.165, 1.54) is 77.0 Å². The lowest BCUT2D eigenvalue weighted by molar-refractivity contribution is -0.182. The van der Waals surface area contributed by atoms with E-state index >= 15 is 0 Å². The Bertz CT molecular complexity index is 613. The zero-order chi connectivity index (χ0) is 26.0. The summed E-state index contributed by atoms with van der Waals surface area (Å²) in [4.78, 5) is 25.6. The molecule has 2 N–H and O–H groups in total. The predicted molar refractivity (Wildman–Crippen MR) is 147 cm³/mol. The van der Waals surface area contributed by atoms with Crippen LogP contribution < -0.4 is 0 Å². The number of rotatable bonds is 22. The Labute approximate surface area is 216 Å². The average molecular weight is 493 g/mol. The number of hydrogen-bond acceptors (Lipinski definition) is 2. The number of allylic oxidation sites excluding steroid dienone is 2. The Morgan fingerprint density at radius 1 is 0.657 bits per heavy atom. The smallest absolute Gasteiger partial charge is 0.311 e. The third kappa shape index (κ3) is 9.57. The molecular formula is C31H56O4. The van der Waals surface area contributed by atoms with E-state index in [2.05, 4.69) is 13.8 Å². The molecule has 3 unspecified atom stereocenters. The Kier molecular flexibility index (Phi) is 16.3. The second-order valence-electron chi connectivity index (χ2n) is 11.2. The molecule has 204 valence electrons. The van der Waals surface area contributed by atoms with Crippen molar-refractivity contribution in [3.63, 3.8) is 0 Å². The van der Waals surface area contributed by atoms with Gasteiger partial charge in [-0.15, -0.1) is 0 Å². The summed E-state index contributed by atoms with van der Waals surface area (Å²) in [6, 6.07) is 0. The fourth-order valence-corrected chi connectivity index (χ4v) is 6.39. The summed E-state index contributed by atoms with van der Waals surface area (Å²) in [7, 11) is 0. The number of carbonyl (C=O) groups is 2. The molecule has 1 rings (SSSR count). The van der Waals surface area contributed by atoms with Gasteiger partial charge in [0.2, 0.25) is 0 Å². The summed E-state index contributed by atoms with van der Waals surface area (Å²) in [6.45, 7) is 6.38. The standard InChI is InChI=1S/C31H56O4/c1-4-6-8-10-12-14-16-18-20-24-30(28(32)33)25-22-23-27(3)31(30,29(34)35)26-21-19-17-15-13-11-9-7-5-2/h22-23,27H,4-21,24-26H2,1-3H3,(H,32,33)(H,34,35). The first-order valence-electron chi connectivity index (χ1n) is 15.0. The minimum Gasteiger partial charge on any atom is -0.481 e. The highest BCUT2D eigenvalue weighted by Gasteiger charge is 2.63.